The number of hydrogen-bond acceptors (Lipinski definition) is 18. The van der Waals surface area contributed by atoms with Crippen molar-refractivity contribution in [2.75, 3.05) is 39.0 Å². The van der Waals surface area contributed by atoms with E-state index >= 15 is 0 Å². The van der Waals surface area contributed by atoms with E-state index in [1.54, 1.807) is 0 Å². The molecule has 0 aliphatic carbocycles. The van der Waals surface area contributed by atoms with E-state index in [9.17, 15) is 23.9 Å². The molecule has 242 valence electrons. The molecule has 25 heteroatoms. The number of phosphoric acid groups is 2. The second-order valence-corrected chi connectivity index (χ2v) is 12.6. The fourth-order valence-electron chi connectivity index (χ4n) is 4.18. The van der Waals surface area contributed by atoms with Gasteiger partial charge < -0.3 is 49.7 Å². The highest BCUT2D eigenvalue weighted by molar-refractivity contribution is 7.71. The van der Waals surface area contributed by atoms with Gasteiger partial charge in [0.05, 0.1) is 19.1 Å². The summed E-state index contributed by atoms with van der Waals surface area (Å²) in [5.41, 5.74) is 6.44. The highest BCUT2D eigenvalue weighted by Gasteiger charge is 2.56. The second kappa shape index (κ2) is 12.6. The Balaban J connectivity index is 1.39. The van der Waals surface area contributed by atoms with Crippen molar-refractivity contribution in [3.05, 3.63) is 23.2 Å². The molecule has 8 atom stereocenters. The Bertz CT molecular complexity index is 1660. The van der Waals surface area contributed by atoms with Gasteiger partial charge in [-0.2, -0.15) is 9.41 Å². The number of phosphoric ester groups is 2. The molecule has 2 fully saturated rings. The maximum Gasteiger partial charge on any atom is 0.489 e. The lowest BCUT2D eigenvalue weighted by atomic mass is 10.1. The number of aromatic nitrogens is 6. The van der Waals surface area contributed by atoms with Gasteiger partial charge in [0.2, 0.25) is 6.29 Å². The molecule has 0 bridgehead atoms. The van der Waals surface area contributed by atoms with Gasteiger partial charge in [-0.1, -0.05) is 12.2 Å². The molecule has 1 amide bonds. The molecule has 3 aromatic heterocycles. The third-order valence-corrected chi connectivity index (χ3v) is 9.40. The number of hydrogen-bond donors (Lipinski definition) is 6. The molecule has 5 heterocycles. The maximum absolute atomic E-state index is 12.9. The molecule has 2 saturated heterocycles. The zero-order chi connectivity index (χ0) is 31.9. The molecular formula is C19H26N8O14P2S. The Morgan fingerprint density at radius 3 is 2.66 bits per heavy atom. The van der Waals surface area contributed by atoms with Crippen LogP contribution in [0.15, 0.2) is 18.6 Å². The van der Waals surface area contributed by atoms with Crippen LogP contribution < -0.4 is 11.1 Å². The minimum atomic E-state index is -5.04. The highest BCUT2D eigenvalue weighted by Crippen LogP contribution is 2.64. The van der Waals surface area contributed by atoms with Crippen LogP contribution in [-0.4, -0.2) is 104 Å². The lowest BCUT2D eigenvalue weighted by molar-refractivity contribution is -0.455. The second-order valence-electron chi connectivity index (χ2n) is 8.83. The Morgan fingerprint density at radius 1 is 1.25 bits per heavy atom. The quantitative estimate of drug-likeness (QED) is 0.0798. The van der Waals surface area contributed by atoms with Gasteiger partial charge in [-0.25, -0.2) is 23.6 Å². The summed E-state index contributed by atoms with van der Waals surface area (Å²) in [5, 5.41) is 19.6. The molecular weight excluding hydrogens is 658 g/mol. The Hall–Kier alpha value is -2.73. The number of imidazole rings is 1. The number of aromatic amines is 2. The Labute approximate surface area is 251 Å². The lowest BCUT2D eigenvalue weighted by Crippen LogP contribution is -2.42. The van der Waals surface area contributed by atoms with E-state index in [-0.39, 0.29) is 21.9 Å². The first-order valence-corrected chi connectivity index (χ1v) is 15.5. The topological polar surface area (TPSA) is 288 Å². The van der Waals surface area contributed by atoms with Gasteiger partial charge >= 0.3 is 21.8 Å². The summed E-state index contributed by atoms with van der Waals surface area (Å²) in [6.45, 7) is -0.642. The van der Waals surface area contributed by atoms with Crippen LogP contribution in [0.2, 0.25) is 0 Å². The standard InChI is InChI=1S/C19H26N8O14P2S/c1-33-19(29,40-43(32,35-3)41-42(30,31)34-2)36-6-8-11-12(39-17(38-11)14(28)23-9-4-5-22-26-9)16(37-8)27-7-21-10-13(27)24-18(20)25-15(10)44/h4-5,7-8,11-12,16-17,29H,6H2,1-3H3,(H,30,31)(H3,20,24,25,44)(H2,22,23,26,28)/t8?,11?,12?,16?,17-,19?,43?/m1/s1. The van der Waals surface area contributed by atoms with Crippen LogP contribution in [0, 0.1) is 4.64 Å². The van der Waals surface area contributed by atoms with Crippen molar-refractivity contribution in [2.24, 2.45) is 0 Å². The molecule has 0 spiro atoms. The molecule has 5 rings (SSSR count). The predicted octanol–water partition coefficient (Wildman–Crippen LogP) is 0.241. The van der Waals surface area contributed by atoms with Gasteiger partial charge in [0, 0.05) is 27.4 Å². The number of nitrogen functional groups attached to an aromatic ring is 1. The normalized spacial score (nSPS) is 27.4. The summed E-state index contributed by atoms with van der Waals surface area (Å²) in [4.78, 5) is 33.5. The minimum absolute atomic E-state index is 0.00733. The van der Waals surface area contributed by atoms with Crippen molar-refractivity contribution in [3.8, 4) is 0 Å². The smallest absolute Gasteiger partial charge is 0.369 e. The van der Waals surface area contributed by atoms with Crippen molar-refractivity contribution in [1.29, 1.82) is 0 Å². The molecule has 2 aliphatic heterocycles. The SMILES string of the molecule is COC(O)(OCC1OC(n2cnc3c(=S)nc(N)[nH]c32)C2O[C@H](C(=O)Nc3ccn[nH]3)OC12)OP(=O)(OC)OP(=O)(O)OC. The van der Waals surface area contributed by atoms with E-state index < -0.39 is 65.1 Å². The maximum atomic E-state index is 12.9. The van der Waals surface area contributed by atoms with E-state index in [0.717, 1.165) is 21.3 Å². The number of methoxy groups -OCH3 is 1. The van der Waals surface area contributed by atoms with E-state index in [1.807, 2.05) is 0 Å². The Kier molecular flexibility index (Phi) is 9.33. The van der Waals surface area contributed by atoms with Crippen LogP contribution in [0.1, 0.15) is 6.23 Å². The molecule has 44 heavy (non-hydrogen) atoms. The lowest BCUT2D eigenvalue weighted by Gasteiger charge is -2.29. The van der Waals surface area contributed by atoms with Crippen molar-refractivity contribution >= 4 is 56.7 Å². The van der Waals surface area contributed by atoms with Crippen LogP contribution in [0.5, 0.6) is 0 Å². The van der Waals surface area contributed by atoms with Gasteiger partial charge in [0.15, 0.2) is 16.8 Å². The number of nitrogens with zero attached hydrogens (tertiary/aromatic N) is 4. The van der Waals surface area contributed by atoms with Gasteiger partial charge in [0.1, 0.15) is 35.3 Å². The zero-order valence-electron chi connectivity index (χ0n) is 22.8. The van der Waals surface area contributed by atoms with E-state index in [4.69, 9.17) is 46.2 Å². The van der Waals surface area contributed by atoms with Gasteiger partial charge in [-0.05, 0) is 0 Å². The number of anilines is 2. The first kappa shape index (κ1) is 32.7. The average molecular weight is 684 g/mol. The summed E-state index contributed by atoms with van der Waals surface area (Å²) >= 11 is 5.24. The number of rotatable bonds is 13. The fourth-order valence-corrected chi connectivity index (χ4v) is 6.59. The fraction of sp³-hybridized carbons (Fsp3) is 0.526. The summed E-state index contributed by atoms with van der Waals surface area (Å²) in [5.74, 6) is -0.421. The van der Waals surface area contributed by atoms with Gasteiger partial charge in [0.25, 0.3) is 5.91 Å². The van der Waals surface area contributed by atoms with E-state index in [0.29, 0.717) is 5.65 Å². The van der Waals surface area contributed by atoms with Crippen molar-refractivity contribution < 1.29 is 65.5 Å². The highest BCUT2D eigenvalue weighted by atomic mass is 32.1. The van der Waals surface area contributed by atoms with Gasteiger partial charge in [-0.15, -0.1) is 0 Å². The number of aliphatic hydroxyl groups is 1. The third kappa shape index (κ3) is 6.76. The summed E-state index contributed by atoms with van der Waals surface area (Å²) in [6.07, 6.45) is -6.10. The molecule has 7 unspecified atom stereocenters. The van der Waals surface area contributed by atoms with E-state index in [1.165, 1.54) is 23.2 Å². The van der Waals surface area contributed by atoms with Crippen molar-refractivity contribution in [1.82, 2.24) is 29.7 Å². The van der Waals surface area contributed by atoms with Crippen molar-refractivity contribution in [3.63, 3.8) is 0 Å². The molecule has 0 aromatic carbocycles. The van der Waals surface area contributed by atoms with E-state index in [2.05, 4.69) is 43.8 Å². The first-order chi connectivity index (χ1) is 20.8. The van der Waals surface area contributed by atoms with Gasteiger partial charge in [-0.3, -0.25) is 23.5 Å². The predicted molar refractivity (Wildman–Crippen MR) is 143 cm³/mol. The van der Waals surface area contributed by atoms with Crippen molar-refractivity contribution in [2.45, 2.75) is 37.0 Å². The minimum Gasteiger partial charge on any atom is -0.369 e. The number of nitrogens with two attached hydrogens (primary N) is 1. The number of amides is 1. The number of H-pyrrole nitrogens is 2. The summed E-state index contributed by atoms with van der Waals surface area (Å²) in [6, 6.07) is 1.50. The molecule has 0 saturated carbocycles. The van der Waals surface area contributed by atoms with Crippen LogP contribution in [0.3, 0.4) is 0 Å². The number of carbonyl (C=O) groups is 1. The van der Waals surface area contributed by atoms with Crippen LogP contribution in [0.25, 0.3) is 11.2 Å². The molecule has 22 nitrogen and oxygen atoms in total. The monoisotopic (exact) mass is 684 g/mol. The number of ether oxygens (including phenoxy) is 5. The molecule has 7 N–H and O–H groups in total. The number of fused-ring (bicyclic) bond motifs is 2. The first-order valence-electron chi connectivity index (χ1n) is 12.2. The summed E-state index contributed by atoms with van der Waals surface area (Å²) in [7, 11) is -7.50. The third-order valence-electron chi connectivity index (χ3n) is 6.13. The average Bonchev–Trinajstić information content (AvgIpc) is 3.76. The molecule has 0 radical (unpaired) electrons. The molecule has 2 aliphatic rings. The number of carbonyl (C=O) groups excluding carboxylic acids is 1. The zero-order valence-corrected chi connectivity index (χ0v) is 25.4. The largest absolute Gasteiger partial charge is 0.489 e. The molecule has 3 aromatic rings. The Morgan fingerprint density at radius 2 is 2.00 bits per heavy atom. The van der Waals surface area contributed by atoms with Crippen LogP contribution >= 0.6 is 27.9 Å². The number of nitrogens with one attached hydrogen (secondary N) is 3. The summed E-state index contributed by atoms with van der Waals surface area (Å²) < 4.78 is 72.1. The van der Waals surface area contributed by atoms with Crippen LogP contribution in [0.4, 0.5) is 11.8 Å². The van der Waals surface area contributed by atoms with Crippen LogP contribution in [-0.2, 0) is 55.5 Å².